The fourth-order valence-corrected chi connectivity index (χ4v) is 2.99. The number of rotatable bonds is 6. The van der Waals surface area contributed by atoms with E-state index >= 15 is 0 Å². The van der Waals surface area contributed by atoms with Crippen LogP contribution >= 0.6 is 11.3 Å². The highest BCUT2D eigenvalue weighted by atomic mass is 32.1. The average molecular weight is 301 g/mol. The van der Waals surface area contributed by atoms with Crippen molar-refractivity contribution in [2.24, 2.45) is 5.92 Å². The minimum Gasteiger partial charge on any atom is -0.478 e. The molecule has 3 rings (SSSR count). The Kier molecular flexibility index (Phi) is 3.67. The van der Waals surface area contributed by atoms with E-state index in [0.717, 1.165) is 29.1 Å². The number of terminal acetylenes is 1. The Morgan fingerprint density at radius 1 is 1.67 bits per heavy atom. The first-order valence-corrected chi connectivity index (χ1v) is 7.62. The highest BCUT2D eigenvalue weighted by Gasteiger charge is 2.26. The normalized spacial score (nSPS) is 14.6. The molecule has 2 aromatic rings. The molecule has 108 valence electrons. The molecule has 2 aromatic heterocycles. The summed E-state index contributed by atoms with van der Waals surface area (Å²) < 4.78 is 1.90. The molecule has 0 spiro atoms. The summed E-state index contributed by atoms with van der Waals surface area (Å²) in [6, 6.07) is 0. The molecule has 1 fully saturated rings. The lowest BCUT2D eigenvalue weighted by Gasteiger charge is -2.20. The van der Waals surface area contributed by atoms with Gasteiger partial charge in [0.25, 0.3) is 0 Å². The van der Waals surface area contributed by atoms with Crippen LogP contribution in [0.2, 0.25) is 0 Å². The fraction of sp³-hybridized carbons (Fsp3) is 0.333. The lowest BCUT2D eigenvalue weighted by molar-refractivity contribution is -0.131. The molecule has 0 bridgehead atoms. The molecule has 21 heavy (non-hydrogen) atoms. The predicted octanol–water partition coefficient (Wildman–Crippen LogP) is 2.34. The van der Waals surface area contributed by atoms with Crippen molar-refractivity contribution in [3.05, 3.63) is 23.3 Å². The first-order valence-electron chi connectivity index (χ1n) is 6.74. The number of fused-ring (bicyclic) bond motifs is 1. The van der Waals surface area contributed by atoms with Crippen LogP contribution in [0, 0.1) is 18.3 Å². The minimum atomic E-state index is -0.975. The number of anilines is 1. The fourth-order valence-electron chi connectivity index (χ4n) is 2.28. The third-order valence-electron chi connectivity index (χ3n) is 3.42. The van der Waals surface area contributed by atoms with E-state index in [0.29, 0.717) is 12.5 Å². The zero-order chi connectivity index (χ0) is 14.8. The van der Waals surface area contributed by atoms with E-state index in [2.05, 4.69) is 15.8 Å². The van der Waals surface area contributed by atoms with Crippen molar-refractivity contribution in [3.63, 3.8) is 0 Å². The molecule has 1 aliphatic rings. The van der Waals surface area contributed by atoms with Gasteiger partial charge < -0.3 is 10.0 Å². The number of thiazole rings is 1. The van der Waals surface area contributed by atoms with E-state index < -0.39 is 5.97 Å². The van der Waals surface area contributed by atoms with Crippen molar-refractivity contribution in [2.45, 2.75) is 12.8 Å². The zero-order valence-electron chi connectivity index (χ0n) is 11.4. The summed E-state index contributed by atoms with van der Waals surface area (Å²) in [5.41, 5.74) is 0.768. The van der Waals surface area contributed by atoms with Crippen molar-refractivity contribution >= 4 is 34.2 Å². The smallest absolute Gasteiger partial charge is 0.328 e. The second-order valence-electron chi connectivity index (χ2n) is 5.08. The summed E-state index contributed by atoms with van der Waals surface area (Å²) in [7, 11) is 0. The van der Waals surface area contributed by atoms with Gasteiger partial charge in [-0.25, -0.2) is 9.78 Å². The summed E-state index contributed by atoms with van der Waals surface area (Å²) in [6.45, 7) is 1.36. The number of hydrogen-bond acceptors (Lipinski definition) is 4. The highest BCUT2D eigenvalue weighted by molar-refractivity contribution is 7.15. The van der Waals surface area contributed by atoms with Crippen LogP contribution in [0.5, 0.6) is 0 Å². The summed E-state index contributed by atoms with van der Waals surface area (Å²) in [4.78, 5) is 18.3. The second-order valence-corrected chi connectivity index (χ2v) is 5.95. The van der Waals surface area contributed by atoms with E-state index in [9.17, 15) is 4.79 Å². The molecule has 0 saturated heterocycles. The van der Waals surface area contributed by atoms with E-state index in [1.54, 1.807) is 6.08 Å². The molecule has 0 amide bonds. The molecule has 0 aromatic carbocycles. The number of carbonyl (C=O) groups is 1. The molecule has 1 N–H and O–H groups in total. The Hall–Kier alpha value is -2.26. The molecular weight excluding hydrogens is 286 g/mol. The molecule has 1 saturated carbocycles. The van der Waals surface area contributed by atoms with Gasteiger partial charge in [0.05, 0.1) is 12.2 Å². The van der Waals surface area contributed by atoms with Crippen LogP contribution in [0.15, 0.2) is 17.7 Å². The zero-order valence-corrected chi connectivity index (χ0v) is 12.2. The van der Waals surface area contributed by atoms with Crippen molar-refractivity contribution in [1.29, 1.82) is 0 Å². The number of hydrogen-bond donors (Lipinski definition) is 1. The molecule has 0 aliphatic heterocycles. The van der Waals surface area contributed by atoms with Gasteiger partial charge in [0.15, 0.2) is 10.8 Å². The molecular formula is C15H15N3O2S. The molecule has 0 unspecified atom stereocenters. The molecule has 1 aliphatic carbocycles. The maximum absolute atomic E-state index is 10.8. The third-order valence-corrected chi connectivity index (χ3v) is 4.18. The summed E-state index contributed by atoms with van der Waals surface area (Å²) in [6.07, 6.45) is 12.5. The van der Waals surface area contributed by atoms with Crippen molar-refractivity contribution < 1.29 is 9.90 Å². The van der Waals surface area contributed by atoms with Gasteiger partial charge in [-0.3, -0.25) is 4.40 Å². The first-order chi connectivity index (χ1) is 10.2. The van der Waals surface area contributed by atoms with E-state index in [4.69, 9.17) is 11.5 Å². The van der Waals surface area contributed by atoms with E-state index in [1.807, 2.05) is 16.0 Å². The van der Waals surface area contributed by atoms with E-state index in [-0.39, 0.29) is 0 Å². The van der Waals surface area contributed by atoms with Gasteiger partial charge in [-0.2, -0.15) is 0 Å². The standard InChI is InChI=1S/C15H15N3O2S/c1-2-7-17(10-11-3-4-11)14-12(5-6-13(19)20)18-8-9-21-15(18)16-14/h1,5-6,8-9,11H,3-4,7,10H2,(H,19,20)/b6-5+. The van der Waals surface area contributed by atoms with Gasteiger partial charge in [0, 0.05) is 24.2 Å². The maximum atomic E-state index is 10.8. The monoisotopic (exact) mass is 301 g/mol. The van der Waals surface area contributed by atoms with Crippen LogP contribution in [0.1, 0.15) is 18.5 Å². The SMILES string of the molecule is C#CCN(CC1CC1)c1nc2sccn2c1/C=C/C(=O)O. The molecule has 5 nitrogen and oxygen atoms in total. The average Bonchev–Trinajstić information content (AvgIpc) is 3.02. The largest absolute Gasteiger partial charge is 0.478 e. The topological polar surface area (TPSA) is 57.8 Å². The Labute approximate surface area is 126 Å². The van der Waals surface area contributed by atoms with Gasteiger partial charge in [0.1, 0.15) is 0 Å². The molecule has 2 heterocycles. The maximum Gasteiger partial charge on any atom is 0.328 e. The Balaban J connectivity index is 2.01. The molecule has 6 heteroatoms. The lowest BCUT2D eigenvalue weighted by atomic mass is 10.3. The van der Waals surface area contributed by atoms with Crippen LogP contribution in [0.3, 0.4) is 0 Å². The Bertz CT molecular complexity index is 734. The minimum absolute atomic E-state index is 0.481. The van der Waals surface area contributed by atoms with Crippen LogP contribution < -0.4 is 4.90 Å². The number of imidazole rings is 1. The Morgan fingerprint density at radius 3 is 3.14 bits per heavy atom. The van der Waals surface area contributed by atoms with Crippen molar-refractivity contribution in [2.75, 3.05) is 18.0 Å². The Morgan fingerprint density at radius 2 is 2.48 bits per heavy atom. The van der Waals surface area contributed by atoms with Gasteiger partial charge in [-0.05, 0) is 24.8 Å². The highest BCUT2D eigenvalue weighted by Crippen LogP contribution is 2.33. The van der Waals surface area contributed by atoms with Gasteiger partial charge in [-0.1, -0.05) is 5.92 Å². The summed E-state index contributed by atoms with van der Waals surface area (Å²) >= 11 is 1.52. The van der Waals surface area contributed by atoms with Gasteiger partial charge in [0.2, 0.25) is 0 Å². The van der Waals surface area contributed by atoms with Gasteiger partial charge >= 0.3 is 5.97 Å². The van der Waals surface area contributed by atoms with Crippen LogP contribution in [0.25, 0.3) is 11.0 Å². The lowest BCUT2D eigenvalue weighted by Crippen LogP contribution is -2.27. The number of carboxylic acids is 1. The van der Waals surface area contributed by atoms with E-state index in [1.165, 1.54) is 24.2 Å². The third kappa shape index (κ3) is 2.93. The van der Waals surface area contributed by atoms with Gasteiger partial charge in [-0.15, -0.1) is 17.8 Å². The number of carboxylic acid groups (broad SMARTS) is 1. The van der Waals surface area contributed by atoms with Crippen LogP contribution in [-0.2, 0) is 4.79 Å². The predicted molar refractivity (Wildman–Crippen MR) is 83.5 cm³/mol. The number of aliphatic carboxylic acids is 1. The molecule has 0 radical (unpaired) electrons. The summed E-state index contributed by atoms with van der Waals surface area (Å²) in [5, 5.41) is 10.8. The van der Waals surface area contributed by atoms with Crippen LogP contribution in [0.4, 0.5) is 5.82 Å². The second kappa shape index (κ2) is 5.62. The number of nitrogens with zero attached hydrogens (tertiary/aromatic N) is 3. The quantitative estimate of drug-likeness (QED) is 0.657. The number of aromatic nitrogens is 2. The summed E-state index contributed by atoms with van der Waals surface area (Å²) in [5.74, 6) is 3.14. The van der Waals surface area contributed by atoms with Crippen molar-refractivity contribution in [1.82, 2.24) is 9.38 Å². The first kappa shape index (κ1) is 13.7. The van der Waals surface area contributed by atoms with Crippen LogP contribution in [-0.4, -0.2) is 33.6 Å². The molecule has 0 atom stereocenters. The van der Waals surface area contributed by atoms with Crippen molar-refractivity contribution in [3.8, 4) is 12.3 Å².